The SMILES string of the molecule is COCCC(C)(C)CNC(=O)n1ccnc1. The third-order valence-electron chi connectivity index (χ3n) is 2.44. The van der Waals surface area contributed by atoms with Crippen LogP contribution in [-0.4, -0.2) is 35.8 Å². The second-order valence-corrected chi connectivity index (χ2v) is 4.54. The number of hydrogen-bond donors (Lipinski definition) is 1. The van der Waals surface area contributed by atoms with Gasteiger partial charge in [-0.2, -0.15) is 0 Å². The van der Waals surface area contributed by atoms with E-state index in [2.05, 4.69) is 24.1 Å². The molecule has 90 valence electrons. The van der Waals surface area contributed by atoms with Crippen molar-refractivity contribution in [3.63, 3.8) is 0 Å². The molecule has 0 unspecified atom stereocenters. The van der Waals surface area contributed by atoms with Crippen LogP contribution < -0.4 is 5.32 Å². The molecule has 1 heterocycles. The van der Waals surface area contributed by atoms with Crippen molar-refractivity contribution in [2.24, 2.45) is 5.41 Å². The first-order valence-corrected chi connectivity index (χ1v) is 5.30. The summed E-state index contributed by atoms with van der Waals surface area (Å²) in [4.78, 5) is 15.4. The van der Waals surface area contributed by atoms with Crippen LogP contribution >= 0.6 is 0 Å². The molecule has 0 aromatic carbocycles. The average Bonchev–Trinajstić information content (AvgIpc) is 2.77. The summed E-state index contributed by atoms with van der Waals surface area (Å²) in [5.74, 6) is 0. The quantitative estimate of drug-likeness (QED) is 0.826. The number of hydrogen-bond acceptors (Lipinski definition) is 3. The van der Waals surface area contributed by atoms with Crippen molar-refractivity contribution in [2.45, 2.75) is 20.3 Å². The normalized spacial score (nSPS) is 11.4. The Kier molecular flexibility index (Phi) is 4.49. The molecule has 0 saturated heterocycles. The molecule has 0 aliphatic heterocycles. The Morgan fingerprint density at radius 3 is 2.88 bits per heavy atom. The number of methoxy groups -OCH3 is 1. The van der Waals surface area contributed by atoms with Crippen LogP contribution in [0.4, 0.5) is 4.79 Å². The van der Waals surface area contributed by atoms with Crippen molar-refractivity contribution < 1.29 is 9.53 Å². The van der Waals surface area contributed by atoms with Gasteiger partial charge in [0.1, 0.15) is 6.33 Å². The number of ether oxygens (including phenoxy) is 1. The molecule has 1 aromatic heterocycles. The molecule has 5 heteroatoms. The van der Waals surface area contributed by atoms with E-state index in [9.17, 15) is 4.79 Å². The average molecular weight is 225 g/mol. The predicted octanol–water partition coefficient (Wildman–Crippen LogP) is 1.50. The summed E-state index contributed by atoms with van der Waals surface area (Å²) < 4.78 is 6.45. The second-order valence-electron chi connectivity index (χ2n) is 4.54. The zero-order chi connectivity index (χ0) is 12.0. The number of nitrogens with one attached hydrogen (secondary N) is 1. The van der Waals surface area contributed by atoms with Gasteiger partial charge < -0.3 is 10.1 Å². The lowest BCUT2D eigenvalue weighted by molar-refractivity contribution is 0.151. The van der Waals surface area contributed by atoms with E-state index in [4.69, 9.17) is 4.74 Å². The smallest absolute Gasteiger partial charge is 0.326 e. The molecule has 1 aromatic rings. The van der Waals surface area contributed by atoms with E-state index in [0.717, 1.165) is 6.42 Å². The molecule has 0 atom stereocenters. The zero-order valence-corrected chi connectivity index (χ0v) is 10.1. The Balaban J connectivity index is 2.36. The van der Waals surface area contributed by atoms with E-state index in [0.29, 0.717) is 13.2 Å². The number of amides is 1. The molecular formula is C11H19N3O2. The van der Waals surface area contributed by atoms with E-state index in [1.807, 2.05) is 0 Å². The number of aromatic nitrogens is 2. The van der Waals surface area contributed by atoms with Gasteiger partial charge in [0, 0.05) is 32.7 Å². The number of imidazole rings is 1. The molecular weight excluding hydrogens is 206 g/mol. The predicted molar refractivity (Wildman–Crippen MR) is 61.3 cm³/mol. The van der Waals surface area contributed by atoms with Crippen molar-refractivity contribution in [3.8, 4) is 0 Å². The van der Waals surface area contributed by atoms with Crippen LogP contribution in [0.1, 0.15) is 20.3 Å². The fourth-order valence-corrected chi connectivity index (χ4v) is 1.25. The summed E-state index contributed by atoms with van der Waals surface area (Å²) in [7, 11) is 1.68. The van der Waals surface area contributed by atoms with E-state index in [-0.39, 0.29) is 11.4 Å². The van der Waals surface area contributed by atoms with Gasteiger partial charge >= 0.3 is 6.03 Å². The summed E-state index contributed by atoms with van der Waals surface area (Å²) in [6.07, 6.45) is 5.60. The third-order valence-corrected chi connectivity index (χ3v) is 2.44. The van der Waals surface area contributed by atoms with Crippen molar-refractivity contribution in [3.05, 3.63) is 18.7 Å². The van der Waals surface area contributed by atoms with Crippen LogP contribution in [0.5, 0.6) is 0 Å². The van der Waals surface area contributed by atoms with Crippen LogP contribution in [0, 0.1) is 5.41 Å². The number of rotatable bonds is 5. The van der Waals surface area contributed by atoms with Crippen LogP contribution in [0.3, 0.4) is 0 Å². The van der Waals surface area contributed by atoms with Crippen molar-refractivity contribution in [2.75, 3.05) is 20.3 Å². The van der Waals surface area contributed by atoms with Gasteiger partial charge in [-0.1, -0.05) is 13.8 Å². The van der Waals surface area contributed by atoms with Crippen molar-refractivity contribution in [1.82, 2.24) is 14.9 Å². The first-order valence-electron chi connectivity index (χ1n) is 5.30. The van der Waals surface area contributed by atoms with Gasteiger partial charge in [0.15, 0.2) is 0 Å². The molecule has 16 heavy (non-hydrogen) atoms. The zero-order valence-electron chi connectivity index (χ0n) is 10.1. The van der Waals surface area contributed by atoms with Crippen molar-refractivity contribution >= 4 is 6.03 Å². The minimum atomic E-state index is -0.150. The highest BCUT2D eigenvalue weighted by Gasteiger charge is 2.18. The van der Waals surface area contributed by atoms with E-state index in [1.165, 1.54) is 10.9 Å². The largest absolute Gasteiger partial charge is 0.385 e. The van der Waals surface area contributed by atoms with E-state index in [1.54, 1.807) is 19.5 Å². The van der Waals surface area contributed by atoms with E-state index < -0.39 is 0 Å². The molecule has 1 N–H and O–H groups in total. The monoisotopic (exact) mass is 225 g/mol. The summed E-state index contributed by atoms with van der Waals surface area (Å²) in [6.45, 7) is 5.52. The molecule has 1 rings (SSSR count). The number of carbonyl (C=O) groups is 1. The molecule has 1 amide bonds. The Bertz CT molecular complexity index is 320. The van der Waals surface area contributed by atoms with Gasteiger partial charge in [0.2, 0.25) is 0 Å². The van der Waals surface area contributed by atoms with Gasteiger partial charge in [-0.15, -0.1) is 0 Å². The Hall–Kier alpha value is -1.36. The Morgan fingerprint density at radius 1 is 1.56 bits per heavy atom. The molecule has 0 spiro atoms. The summed E-state index contributed by atoms with van der Waals surface area (Å²) in [5, 5.41) is 2.86. The molecule has 0 aliphatic rings. The molecule has 0 radical (unpaired) electrons. The van der Waals surface area contributed by atoms with Crippen LogP contribution in [0.15, 0.2) is 18.7 Å². The van der Waals surface area contributed by atoms with Gasteiger partial charge in [-0.3, -0.25) is 4.57 Å². The first kappa shape index (κ1) is 12.7. The molecule has 0 fully saturated rings. The molecule has 0 bridgehead atoms. The van der Waals surface area contributed by atoms with Gasteiger partial charge in [-0.25, -0.2) is 9.78 Å². The summed E-state index contributed by atoms with van der Waals surface area (Å²) >= 11 is 0. The second kappa shape index (κ2) is 5.65. The lowest BCUT2D eigenvalue weighted by atomic mass is 9.90. The third kappa shape index (κ3) is 4.02. The van der Waals surface area contributed by atoms with Crippen LogP contribution in [0.25, 0.3) is 0 Å². The molecule has 0 saturated carbocycles. The van der Waals surface area contributed by atoms with Crippen molar-refractivity contribution in [1.29, 1.82) is 0 Å². The summed E-state index contributed by atoms with van der Waals surface area (Å²) in [5.41, 5.74) is 0.0340. The molecule has 5 nitrogen and oxygen atoms in total. The minimum Gasteiger partial charge on any atom is -0.385 e. The minimum absolute atomic E-state index is 0.0340. The van der Waals surface area contributed by atoms with Gasteiger partial charge in [0.25, 0.3) is 0 Å². The van der Waals surface area contributed by atoms with Gasteiger partial charge in [0.05, 0.1) is 0 Å². The number of carbonyl (C=O) groups excluding carboxylic acids is 1. The molecule has 0 aliphatic carbocycles. The standard InChI is InChI=1S/C11H19N3O2/c1-11(2,4-7-16-3)8-13-10(15)14-6-5-12-9-14/h5-6,9H,4,7-8H2,1-3H3,(H,13,15). The maximum absolute atomic E-state index is 11.6. The van der Waals surface area contributed by atoms with E-state index >= 15 is 0 Å². The van der Waals surface area contributed by atoms with Gasteiger partial charge in [-0.05, 0) is 11.8 Å². The maximum Gasteiger partial charge on any atom is 0.326 e. The topological polar surface area (TPSA) is 56.1 Å². The Labute approximate surface area is 95.8 Å². The fraction of sp³-hybridized carbons (Fsp3) is 0.636. The number of nitrogens with zero attached hydrogens (tertiary/aromatic N) is 2. The maximum atomic E-state index is 11.6. The highest BCUT2D eigenvalue weighted by Crippen LogP contribution is 2.18. The highest BCUT2D eigenvalue weighted by atomic mass is 16.5. The Morgan fingerprint density at radius 2 is 2.31 bits per heavy atom. The first-order chi connectivity index (χ1) is 7.55. The van der Waals surface area contributed by atoms with Crippen LogP contribution in [0.2, 0.25) is 0 Å². The lowest BCUT2D eigenvalue weighted by Crippen LogP contribution is -2.36. The lowest BCUT2D eigenvalue weighted by Gasteiger charge is -2.24. The van der Waals surface area contributed by atoms with Crippen LogP contribution in [-0.2, 0) is 4.74 Å². The fourth-order valence-electron chi connectivity index (χ4n) is 1.25. The summed E-state index contributed by atoms with van der Waals surface area (Å²) in [6, 6.07) is -0.150. The highest BCUT2D eigenvalue weighted by molar-refractivity contribution is 5.76.